The van der Waals surface area contributed by atoms with E-state index in [-0.39, 0.29) is 11.6 Å². The minimum Gasteiger partial charge on any atom is -0.494 e. The van der Waals surface area contributed by atoms with Gasteiger partial charge in [-0.3, -0.25) is 9.97 Å². The van der Waals surface area contributed by atoms with Gasteiger partial charge in [0.1, 0.15) is 0 Å². The summed E-state index contributed by atoms with van der Waals surface area (Å²) >= 11 is 0. The fourth-order valence-corrected chi connectivity index (χ4v) is 1.61. The van der Waals surface area contributed by atoms with Crippen LogP contribution in [0.15, 0.2) is 36.8 Å². The Morgan fingerprint density at radius 3 is 2.83 bits per heavy atom. The van der Waals surface area contributed by atoms with Gasteiger partial charge < -0.3 is 4.74 Å². The summed E-state index contributed by atoms with van der Waals surface area (Å²) in [6.07, 6.45) is 6.57. The first kappa shape index (κ1) is 12.2. The number of hydrogen-bond donors (Lipinski definition) is 0. The highest BCUT2D eigenvalue weighted by molar-refractivity contribution is 5.78. The number of benzene rings is 1. The molecule has 2 rings (SSSR count). The molecule has 0 saturated carbocycles. The SMILES string of the molecule is COc1cccc(/C=C(\C)c2cnccn2)c1F. The summed E-state index contributed by atoms with van der Waals surface area (Å²) in [5, 5.41) is 0. The number of hydrogen-bond acceptors (Lipinski definition) is 3. The zero-order valence-corrected chi connectivity index (χ0v) is 10.2. The van der Waals surface area contributed by atoms with Gasteiger partial charge >= 0.3 is 0 Å². The van der Waals surface area contributed by atoms with E-state index in [9.17, 15) is 4.39 Å². The van der Waals surface area contributed by atoms with Crippen molar-refractivity contribution in [3.05, 3.63) is 53.9 Å². The van der Waals surface area contributed by atoms with Gasteiger partial charge in [0.25, 0.3) is 0 Å². The normalized spacial score (nSPS) is 11.4. The van der Waals surface area contributed by atoms with E-state index < -0.39 is 0 Å². The van der Waals surface area contributed by atoms with Crippen LogP contribution in [0.3, 0.4) is 0 Å². The maximum Gasteiger partial charge on any atom is 0.172 e. The lowest BCUT2D eigenvalue weighted by atomic mass is 10.1. The molecule has 0 atom stereocenters. The first-order valence-electron chi connectivity index (χ1n) is 5.49. The Morgan fingerprint density at radius 1 is 1.33 bits per heavy atom. The van der Waals surface area contributed by atoms with E-state index in [2.05, 4.69) is 9.97 Å². The third kappa shape index (κ3) is 2.53. The molecule has 1 heterocycles. The summed E-state index contributed by atoms with van der Waals surface area (Å²) < 4.78 is 18.9. The molecule has 0 amide bonds. The van der Waals surface area contributed by atoms with Gasteiger partial charge in [0, 0.05) is 18.0 Å². The zero-order valence-electron chi connectivity index (χ0n) is 10.2. The molecule has 1 aromatic carbocycles. The summed E-state index contributed by atoms with van der Waals surface area (Å²) in [5.41, 5.74) is 2.03. The van der Waals surface area contributed by atoms with Gasteiger partial charge in [0.15, 0.2) is 11.6 Å². The van der Waals surface area contributed by atoms with Gasteiger partial charge in [0.2, 0.25) is 0 Å². The Morgan fingerprint density at radius 2 is 2.17 bits per heavy atom. The molecule has 2 aromatic rings. The predicted octanol–water partition coefficient (Wildman–Crippen LogP) is 3.18. The second-order valence-electron chi connectivity index (χ2n) is 3.78. The van der Waals surface area contributed by atoms with E-state index >= 15 is 0 Å². The third-order valence-electron chi connectivity index (χ3n) is 2.55. The summed E-state index contributed by atoms with van der Waals surface area (Å²) in [4.78, 5) is 8.14. The molecule has 0 radical (unpaired) electrons. The van der Waals surface area contributed by atoms with Crippen molar-refractivity contribution in [2.75, 3.05) is 7.11 Å². The van der Waals surface area contributed by atoms with E-state index in [1.54, 1.807) is 42.9 Å². The smallest absolute Gasteiger partial charge is 0.172 e. The van der Waals surface area contributed by atoms with Gasteiger partial charge in [-0.05, 0) is 24.6 Å². The molecule has 0 bridgehead atoms. The van der Waals surface area contributed by atoms with Crippen LogP contribution < -0.4 is 4.74 Å². The monoisotopic (exact) mass is 244 g/mol. The lowest BCUT2D eigenvalue weighted by molar-refractivity contribution is 0.386. The molecule has 0 spiro atoms. The highest BCUT2D eigenvalue weighted by Gasteiger charge is 2.07. The number of halogens is 1. The number of methoxy groups -OCH3 is 1. The molecule has 0 aliphatic heterocycles. The van der Waals surface area contributed by atoms with Crippen LogP contribution in [0.2, 0.25) is 0 Å². The molecule has 4 heteroatoms. The molecular weight excluding hydrogens is 231 g/mol. The standard InChI is InChI=1S/C14H13FN2O/c1-10(12-9-16-6-7-17-12)8-11-4-3-5-13(18-2)14(11)15/h3-9H,1-2H3/b10-8+. The lowest BCUT2D eigenvalue weighted by Crippen LogP contribution is -1.92. The Kier molecular flexibility index (Phi) is 3.67. The van der Waals surface area contributed by atoms with E-state index in [0.29, 0.717) is 5.56 Å². The minimum atomic E-state index is -0.372. The fourth-order valence-electron chi connectivity index (χ4n) is 1.61. The average molecular weight is 244 g/mol. The van der Waals surface area contributed by atoms with Crippen molar-refractivity contribution in [1.82, 2.24) is 9.97 Å². The fraction of sp³-hybridized carbons (Fsp3) is 0.143. The number of rotatable bonds is 3. The summed E-state index contributed by atoms with van der Waals surface area (Å²) in [5.74, 6) is -0.140. The number of ether oxygens (including phenoxy) is 1. The second kappa shape index (κ2) is 5.40. The number of allylic oxidation sites excluding steroid dienone is 1. The van der Waals surface area contributed by atoms with Crippen LogP contribution in [-0.2, 0) is 0 Å². The first-order chi connectivity index (χ1) is 8.72. The Balaban J connectivity index is 2.39. The molecule has 0 fully saturated rings. The minimum absolute atomic E-state index is 0.232. The van der Waals surface area contributed by atoms with Crippen molar-refractivity contribution in [3.8, 4) is 5.75 Å². The van der Waals surface area contributed by atoms with Crippen LogP contribution in [0.4, 0.5) is 4.39 Å². The van der Waals surface area contributed by atoms with E-state index in [1.165, 1.54) is 7.11 Å². The third-order valence-corrected chi connectivity index (χ3v) is 2.55. The molecule has 0 saturated heterocycles. The largest absolute Gasteiger partial charge is 0.494 e. The molecule has 0 aliphatic carbocycles. The molecule has 0 aliphatic rings. The summed E-state index contributed by atoms with van der Waals surface area (Å²) in [7, 11) is 1.45. The van der Waals surface area contributed by atoms with Crippen LogP contribution in [-0.4, -0.2) is 17.1 Å². The molecule has 92 valence electrons. The average Bonchev–Trinajstić information content (AvgIpc) is 2.42. The zero-order chi connectivity index (χ0) is 13.0. The maximum atomic E-state index is 13.9. The van der Waals surface area contributed by atoms with Gasteiger partial charge in [0.05, 0.1) is 19.0 Å². The first-order valence-corrected chi connectivity index (χ1v) is 5.49. The summed E-state index contributed by atoms with van der Waals surface area (Å²) in [6, 6.07) is 5.03. The molecule has 0 N–H and O–H groups in total. The Labute approximate surface area is 105 Å². The van der Waals surface area contributed by atoms with Gasteiger partial charge in [-0.15, -0.1) is 0 Å². The van der Waals surface area contributed by atoms with Crippen LogP contribution in [0.1, 0.15) is 18.2 Å². The van der Waals surface area contributed by atoms with Crippen molar-refractivity contribution in [1.29, 1.82) is 0 Å². The van der Waals surface area contributed by atoms with E-state index in [0.717, 1.165) is 11.3 Å². The molecule has 18 heavy (non-hydrogen) atoms. The Hall–Kier alpha value is -2.23. The highest BCUT2D eigenvalue weighted by atomic mass is 19.1. The number of nitrogens with zero attached hydrogens (tertiary/aromatic N) is 2. The van der Waals surface area contributed by atoms with Crippen molar-refractivity contribution < 1.29 is 9.13 Å². The van der Waals surface area contributed by atoms with E-state index in [1.807, 2.05) is 6.92 Å². The van der Waals surface area contributed by atoms with Crippen molar-refractivity contribution in [2.24, 2.45) is 0 Å². The summed E-state index contributed by atoms with van der Waals surface area (Å²) in [6.45, 7) is 1.86. The van der Waals surface area contributed by atoms with Crippen LogP contribution in [0, 0.1) is 5.82 Å². The highest BCUT2D eigenvalue weighted by Crippen LogP contribution is 2.23. The number of aromatic nitrogens is 2. The molecular formula is C14H13FN2O. The molecule has 0 unspecified atom stereocenters. The second-order valence-corrected chi connectivity index (χ2v) is 3.78. The van der Waals surface area contributed by atoms with Crippen LogP contribution >= 0.6 is 0 Å². The van der Waals surface area contributed by atoms with Crippen molar-refractivity contribution >= 4 is 11.6 Å². The van der Waals surface area contributed by atoms with Gasteiger partial charge in [-0.25, -0.2) is 4.39 Å². The van der Waals surface area contributed by atoms with E-state index in [4.69, 9.17) is 4.74 Å². The Bertz CT molecular complexity index is 567. The predicted molar refractivity (Wildman–Crippen MR) is 68.5 cm³/mol. The van der Waals surface area contributed by atoms with Gasteiger partial charge in [-0.1, -0.05) is 12.1 Å². The van der Waals surface area contributed by atoms with Crippen molar-refractivity contribution in [3.63, 3.8) is 0 Å². The van der Waals surface area contributed by atoms with Crippen molar-refractivity contribution in [2.45, 2.75) is 6.92 Å². The van der Waals surface area contributed by atoms with Crippen LogP contribution in [0.25, 0.3) is 11.6 Å². The molecule has 1 aromatic heterocycles. The topological polar surface area (TPSA) is 35.0 Å². The quantitative estimate of drug-likeness (QED) is 0.831. The van der Waals surface area contributed by atoms with Gasteiger partial charge in [-0.2, -0.15) is 0 Å². The molecule has 3 nitrogen and oxygen atoms in total. The van der Waals surface area contributed by atoms with Crippen LogP contribution in [0.5, 0.6) is 5.75 Å². The maximum absolute atomic E-state index is 13.9. The lowest BCUT2D eigenvalue weighted by Gasteiger charge is -2.05.